The average molecular weight is 440 g/mol. The van der Waals surface area contributed by atoms with E-state index in [1.165, 1.54) is 47.7 Å². The van der Waals surface area contributed by atoms with Gasteiger partial charge in [-0.3, -0.25) is 14.4 Å². The molecule has 2 aromatic carbocycles. The minimum absolute atomic E-state index is 0.0442. The molecule has 7 nitrogen and oxygen atoms in total. The van der Waals surface area contributed by atoms with Gasteiger partial charge in [-0.05, 0) is 41.8 Å². The van der Waals surface area contributed by atoms with Gasteiger partial charge in [0.25, 0.3) is 5.91 Å². The second kappa shape index (κ2) is 10.3. The van der Waals surface area contributed by atoms with Crippen LogP contribution in [0, 0.1) is 5.82 Å². The Kier molecular flexibility index (Phi) is 7.23. The first kappa shape index (κ1) is 21.8. The minimum atomic E-state index is -0.827. The van der Waals surface area contributed by atoms with Crippen LogP contribution in [0.1, 0.15) is 25.6 Å². The summed E-state index contributed by atoms with van der Waals surface area (Å²) in [4.78, 5) is 49.2. The Balaban J connectivity index is 1.50. The lowest BCUT2D eigenvalue weighted by atomic mass is 10.0. The Bertz CT molecular complexity index is 1100. The molecule has 158 valence electrons. The molecule has 0 fully saturated rings. The molecule has 2 N–H and O–H groups in total. The maximum Gasteiger partial charge on any atom is 0.339 e. The maximum atomic E-state index is 12.9. The van der Waals surface area contributed by atoms with Crippen molar-refractivity contribution in [1.82, 2.24) is 5.32 Å². The summed E-state index contributed by atoms with van der Waals surface area (Å²) in [5.74, 6) is -2.80. The highest BCUT2D eigenvalue weighted by Gasteiger charge is 2.20. The standard InChI is InChI=1S/C22H17FN2O5S/c23-14-7-9-15(10-8-14)25-19(26)12-24-20(27)13-30-22(29)17-5-2-1-4-16(17)21(28)18-6-3-11-31-18/h1-11H,12-13H2,(H,24,27)(H,25,26). The van der Waals surface area contributed by atoms with Crippen LogP contribution >= 0.6 is 11.3 Å². The van der Waals surface area contributed by atoms with E-state index in [0.717, 1.165) is 0 Å². The number of hydrogen-bond donors (Lipinski definition) is 2. The molecule has 0 aliphatic carbocycles. The van der Waals surface area contributed by atoms with Crippen LogP contribution in [0.2, 0.25) is 0 Å². The highest BCUT2D eigenvalue weighted by Crippen LogP contribution is 2.19. The van der Waals surface area contributed by atoms with Crippen LogP contribution < -0.4 is 10.6 Å². The number of anilines is 1. The van der Waals surface area contributed by atoms with Gasteiger partial charge in [0.2, 0.25) is 11.7 Å². The van der Waals surface area contributed by atoms with Gasteiger partial charge in [-0.1, -0.05) is 24.3 Å². The van der Waals surface area contributed by atoms with E-state index in [9.17, 15) is 23.6 Å². The van der Waals surface area contributed by atoms with Crippen LogP contribution in [-0.4, -0.2) is 36.7 Å². The summed E-state index contributed by atoms with van der Waals surface area (Å²) in [6, 6.07) is 14.7. The van der Waals surface area contributed by atoms with Gasteiger partial charge < -0.3 is 15.4 Å². The van der Waals surface area contributed by atoms with Crippen LogP contribution in [0.5, 0.6) is 0 Å². The molecule has 0 saturated heterocycles. The quantitative estimate of drug-likeness (QED) is 0.414. The molecule has 1 heterocycles. The third-order valence-corrected chi connectivity index (χ3v) is 4.91. The Hall–Kier alpha value is -3.85. The molecule has 2 amide bonds. The lowest BCUT2D eigenvalue weighted by Gasteiger charge is -2.09. The fourth-order valence-electron chi connectivity index (χ4n) is 2.58. The predicted octanol–water partition coefficient (Wildman–Crippen LogP) is 3.03. The zero-order valence-electron chi connectivity index (χ0n) is 16.1. The van der Waals surface area contributed by atoms with Crippen LogP contribution in [-0.2, 0) is 14.3 Å². The van der Waals surface area contributed by atoms with Gasteiger partial charge in [-0.25, -0.2) is 9.18 Å². The van der Waals surface area contributed by atoms with E-state index >= 15 is 0 Å². The Morgan fingerprint density at radius 3 is 2.26 bits per heavy atom. The molecule has 0 atom stereocenters. The highest BCUT2D eigenvalue weighted by atomic mass is 32.1. The largest absolute Gasteiger partial charge is 0.452 e. The van der Waals surface area contributed by atoms with Gasteiger partial charge in [0.15, 0.2) is 6.61 Å². The number of halogens is 1. The molecule has 3 aromatic rings. The number of carbonyl (C=O) groups is 4. The number of thiophene rings is 1. The third-order valence-electron chi connectivity index (χ3n) is 4.05. The van der Waals surface area contributed by atoms with E-state index in [-0.39, 0.29) is 23.5 Å². The first-order chi connectivity index (χ1) is 14.9. The summed E-state index contributed by atoms with van der Waals surface area (Å²) in [7, 11) is 0. The first-order valence-electron chi connectivity index (χ1n) is 9.10. The number of amides is 2. The number of ketones is 1. The van der Waals surface area contributed by atoms with Crippen molar-refractivity contribution >= 4 is 40.6 Å². The number of esters is 1. The van der Waals surface area contributed by atoms with E-state index in [0.29, 0.717) is 10.6 Å². The van der Waals surface area contributed by atoms with Crippen LogP contribution in [0.15, 0.2) is 66.0 Å². The molecule has 3 rings (SSSR count). The summed E-state index contributed by atoms with van der Waals surface area (Å²) >= 11 is 1.25. The van der Waals surface area contributed by atoms with Crippen molar-refractivity contribution in [1.29, 1.82) is 0 Å². The Morgan fingerprint density at radius 1 is 0.871 bits per heavy atom. The zero-order chi connectivity index (χ0) is 22.2. The number of ether oxygens (including phenoxy) is 1. The molecule has 9 heteroatoms. The second-order valence-electron chi connectivity index (χ2n) is 6.26. The smallest absolute Gasteiger partial charge is 0.339 e. The van der Waals surface area contributed by atoms with Crippen molar-refractivity contribution in [2.24, 2.45) is 0 Å². The third kappa shape index (κ3) is 6.06. The molecule has 0 spiro atoms. The van der Waals surface area contributed by atoms with E-state index in [1.54, 1.807) is 29.6 Å². The maximum absolute atomic E-state index is 12.9. The van der Waals surface area contributed by atoms with E-state index in [2.05, 4.69) is 10.6 Å². The molecule has 31 heavy (non-hydrogen) atoms. The number of nitrogens with one attached hydrogen (secondary N) is 2. The molecular weight excluding hydrogens is 423 g/mol. The molecule has 0 unspecified atom stereocenters. The van der Waals surface area contributed by atoms with Gasteiger partial charge in [-0.15, -0.1) is 11.3 Å². The number of rotatable bonds is 8. The number of hydrogen-bond acceptors (Lipinski definition) is 6. The van der Waals surface area contributed by atoms with Gasteiger partial charge in [0.05, 0.1) is 17.0 Å². The topological polar surface area (TPSA) is 102 Å². The van der Waals surface area contributed by atoms with Crippen molar-refractivity contribution in [2.75, 3.05) is 18.5 Å². The zero-order valence-corrected chi connectivity index (χ0v) is 16.9. The monoisotopic (exact) mass is 440 g/mol. The molecule has 0 saturated carbocycles. The average Bonchev–Trinajstić information content (AvgIpc) is 3.32. The van der Waals surface area contributed by atoms with Gasteiger partial charge >= 0.3 is 5.97 Å². The Morgan fingerprint density at radius 2 is 1.58 bits per heavy atom. The molecule has 1 aromatic heterocycles. The Labute approximate surface area is 180 Å². The fraction of sp³-hybridized carbons (Fsp3) is 0.0909. The molecular formula is C22H17FN2O5S. The summed E-state index contributed by atoms with van der Waals surface area (Å²) < 4.78 is 17.9. The first-order valence-corrected chi connectivity index (χ1v) is 9.98. The predicted molar refractivity (Wildman–Crippen MR) is 113 cm³/mol. The van der Waals surface area contributed by atoms with Crippen LogP contribution in [0.25, 0.3) is 0 Å². The minimum Gasteiger partial charge on any atom is -0.452 e. The van der Waals surface area contributed by atoms with Gasteiger partial charge in [0, 0.05) is 11.3 Å². The van der Waals surface area contributed by atoms with Crippen molar-refractivity contribution in [3.8, 4) is 0 Å². The summed E-state index contributed by atoms with van der Waals surface area (Å²) in [6.07, 6.45) is 0. The lowest BCUT2D eigenvalue weighted by Crippen LogP contribution is -2.35. The van der Waals surface area contributed by atoms with Crippen molar-refractivity contribution in [3.05, 3.63) is 87.9 Å². The fourth-order valence-corrected chi connectivity index (χ4v) is 3.25. The van der Waals surface area contributed by atoms with E-state index < -0.39 is 30.2 Å². The van der Waals surface area contributed by atoms with E-state index in [4.69, 9.17) is 4.74 Å². The summed E-state index contributed by atoms with van der Waals surface area (Å²) in [5.41, 5.74) is 0.593. The van der Waals surface area contributed by atoms with Crippen molar-refractivity contribution < 1.29 is 28.3 Å². The second-order valence-corrected chi connectivity index (χ2v) is 7.21. The SMILES string of the molecule is O=C(COC(=O)c1ccccc1C(=O)c1cccs1)NCC(=O)Nc1ccc(F)cc1. The molecule has 0 bridgehead atoms. The van der Waals surface area contributed by atoms with Crippen LogP contribution in [0.4, 0.5) is 10.1 Å². The molecule has 0 aliphatic heterocycles. The van der Waals surface area contributed by atoms with Gasteiger partial charge in [0.1, 0.15) is 5.82 Å². The van der Waals surface area contributed by atoms with Crippen molar-refractivity contribution in [3.63, 3.8) is 0 Å². The lowest BCUT2D eigenvalue weighted by molar-refractivity contribution is -0.126. The van der Waals surface area contributed by atoms with E-state index in [1.807, 2.05) is 0 Å². The summed E-state index contributed by atoms with van der Waals surface area (Å²) in [5, 5.41) is 6.55. The highest BCUT2D eigenvalue weighted by molar-refractivity contribution is 7.12. The van der Waals surface area contributed by atoms with Crippen LogP contribution in [0.3, 0.4) is 0 Å². The number of benzene rings is 2. The van der Waals surface area contributed by atoms with Crippen molar-refractivity contribution in [2.45, 2.75) is 0 Å². The van der Waals surface area contributed by atoms with Gasteiger partial charge in [-0.2, -0.15) is 0 Å². The summed E-state index contributed by atoms with van der Waals surface area (Å²) in [6.45, 7) is -0.981. The number of carbonyl (C=O) groups excluding carboxylic acids is 4. The molecule has 0 radical (unpaired) electrons. The normalized spacial score (nSPS) is 10.2. The molecule has 0 aliphatic rings.